The van der Waals surface area contributed by atoms with Crippen LogP contribution in [0.25, 0.3) is 0 Å². The van der Waals surface area contributed by atoms with E-state index in [2.05, 4.69) is 31.9 Å². The molecule has 3 N–H and O–H groups in total. The molecular weight excluding hydrogens is 354 g/mol. The van der Waals surface area contributed by atoms with Gasteiger partial charge < -0.3 is 20.5 Å². The maximum atomic E-state index is 11.3. The number of amides is 1. The lowest BCUT2D eigenvalue weighted by Gasteiger charge is -2.34. The molecule has 0 bridgehead atoms. The fraction of sp³-hybridized carbons (Fsp3) is 0.800. The van der Waals surface area contributed by atoms with Gasteiger partial charge >= 0.3 is 0 Å². The summed E-state index contributed by atoms with van der Waals surface area (Å²) in [6.45, 7) is 6.59. The summed E-state index contributed by atoms with van der Waals surface area (Å²) in [5.41, 5.74) is 5.39. The predicted octanol–water partition coefficient (Wildman–Crippen LogP) is 1.49. The fourth-order valence-corrected chi connectivity index (χ4v) is 4.29. The Labute approximate surface area is 168 Å². The molecule has 28 heavy (non-hydrogen) atoms. The van der Waals surface area contributed by atoms with Crippen LogP contribution in [0.2, 0.25) is 0 Å². The van der Waals surface area contributed by atoms with Crippen molar-refractivity contribution in [2.75, 3.05) is 26.2 Å². The molecule has 1 aromatic heterocycles. The number of piperidine rings is 1. The van der Waals surface area contributed by atoms with Crippen LogP contribution in [0.4, 0.5) is 0 Å². The zero-order chi connectivity index (χ0) is 19.8. The van der Waals surface area contributed by atoms with Gasteiger partial charge in [0.15, 0.2) is 5.96 Å². The smallest absolute Gasteiger partial charge is 0.217 e. The minimum absolute atomic E-state index is 0.207. The van der Waals surface area contributed by atoms with E-state index in [0.717, 1.165) is 82.4 Å². The van der Waals surface area contributed by atoms with Crippen molar-refractivity contribution < 1.29 is 4.79 Å². The molecule has 2 aliphatic heterocycles. The molecule has 0 radical (unpaired) electrons. The fourth-order valence-electron chi connectivity index (χ4n) is 4.29. The van der Waals surface area contributed by atoms with Gasteiger partial charge in [0, 0.05) is 52.0 Å². The van der Waals surface area contributed by atoms with Crippen molar-refractivity contribution in [2.24, 2.45) is 16.6 Å². The number of nitrogens with one attached hydrogen (secondary N) is 1. The number of hydrogen-bond acceptors (Lipinski definition) is 4. The topological polar surface area (TPSA) is 101 Å². The number of hydrogen-bond donors (Lipinski definition) is 2. The molecule has 1 fully saturated rings. The highest BCUT2D eigenvalue weighted by Gasteiger charge is 2.23. The van der Waals surface area contributed by atoms with E-state index < -0.39 is 0 Å². The highest BCUT2D eigenvalue weighted by Crippen LogP contribution is 2.19. The molecule has 0 spiro atoms. The minimum atomic E-state index is -0.207. The highest BCUT2D eigenvalue weighted by molar-refractivity contribution is 5.80. The Balaban J connectivity index is 1.53. The van der Waals surface area contributed by atoms with E-state index in [-0.39, 0.29) is 5.91 Å². The van der Waals surface area contributed by atoms with Crippen LogP contribution in [-0.2, 0) is 24.2 Å². The van der Waals surface area contributed by atoms with Crippen LogP contribution in [0, 0.1) is 5.92 Å². The molecule has 1 amide bonds. The Kier molecular flexibility index (Phi) is 7.68. The van der Waals surface area contributed by atoms with E-state index in [1.54, 1.807) is 0 Å². The van der Waals surface area contributed by atoms with E-state index in [4.69, 9.17) is 10.7 Å². The summed E-state index contributed by atoms with van der Waals surface area (Å²) in [6.07, 6.45) is 9.27. The molecule has 8 heteroatoms. The average molecular weight is 390 g/mol. The number of guanidine groups is 1. The van der Waals surface area contributed by atoms with E-state index in [9.17, 15) is 4.79 Å². The van der Waals surface area contributed by atoms with Crippen LogP contribution >= 0.6 is 0 Å². The van der Waals surface area contributed by atoms with Crippen molar-refractivity contribution in [3.05, 3.63) is 11.6 Å². The van der Waals surface area contributed by atoms with Gasteiger partial charge in [-0.05, 0) is 44.9 Å². The number of aliphatic imine (C=N–C) groups is 1. The first-order valence-electron chi connectivity index (χ1n) is 10.9. The highest BCUT2D eigenvalue weighted by atomic mass is 16.1. The zero-order valence-corrected chi connectivity index (χ0v) is 17.2. The molecular formula is C20H35N7O. The second-order valence-electron chi connectivity index (χ2n) is 7.96. The number of aryl methyl sites for hydroxylation is 2. The van der Waals surface area contributed by atoms with Gasteiger partial charge in [-0.3, -0.25) is 9.79 Å². The number of rotatable bonds is 7. The second-order valence-corrected chi connectivity index (χ2v) is 7.96. The molecule has 156 valence electrons. The third kappa shape index (κ3) is 5.69. The summed E-state index contributed by atoms with van der Waals surface area (Å²) >= 11 is 0. The number of fused-ring (bicyclic) bond motifs is 1. The van der Waals surface area contributed by atoms with Gasteiger partial charge in [0.25, 0.3) is 0 Å². The maximum Gasteiger partial charge on any atom is 0.217 e. The van der Waals surface area contributed by atoms with Gasteiger partial charge in [0.1, 0.15) is 11.6 Å². The lowest BCUT2D eigenvalue weighted by atomic mass is 9.95. The monoisotopic (exact) mass is 389 g/mol. The van der Waals surface area contributed by atoms with Crippen molar-refractivity contribution in [3.8, 4) is 0 Å². The Hall–Kier alpha value is -2.12. The van der Waals surface area contributed by atoms with Crippen LogP contribution in [0.15, 0.2) is 4.99 Å². The zero-order valence-electron chi connectivity index (χ0n) is 17.2. The van der Waals surface area contributed by atoms with Crippen molar-refractivity contribution >= 4 is 11.9 Å². The number of nitrogens with two attached hydrogens (primary N) is 1. The first-order chi connectivity index (χ1) is 13.7. The standard InChI is InChI=1S/C20H35N7O/c1-2-22-20(26-12-7-8-16(15-26)14-17(21)28)23-11-6-10-19-25-24-18-9-4-3-5-13-27(18)19/h16H,2-15H2,1H3,(H2,21,28)(H,22,23). The van der Waals surface area contributed by atoms with Gasteiger partial charge in [-0.2, -0.15) is 0 Å². The molecule has 1 aromatic rings. The molecule has 3 heterocycles. The van der Waals surface area contributed by atoms with Crippen LogP contribution in [0.5, 0.6) is 0 Å². The largest absolute Gasteiger partial charge is 0.370 e. The quantitative estimate of drug-likeness (QED) is 0.418. The predicted molar refractivity (Wildman–Crippen MR) is 110 cm³/mol. The first kappa shape index (κ1) is 20.6. The Bertz CT molecular complexity index is 670. The molecule has 2 aliphatic rings. The third-order valence-electron chi connectivity index (χ3n) is 5.65. The van der Waals surface area contributed by atoms with Crippen LogP contribution in [0.1, 0.15) is 63.5 Å². The second kappa shape index (κ2) is 10.4. The van der Waals surface area contributed by atoms with Crippen molar-refractivity contribution in [1.82, 2.24) is 25.0 Å². The normalized spacial score (nSPS) is 20.5. The number of nitrogens with zero attached hydrogens (tertiary/aromatic N) is 5. The van der Waals surface area contributed by atoms with Crippen LogP contribution in [0.3, 0.4) is 0 Å². The van der Waals surface area contributed by atoms with E-state index >= 15 is 0 Å². The summed E-state index contributed by atoms with van der Waals surface area (Å²) in [4.78, 5) is 18.4. The number of primary amides is 1. The van der Waals surface area contributed by atoms with E-state index in [1.807, 2.05) is 0 Å². The molecule has 0 aliphatic carbocycles. The molecule has 1 saturated heterocycles. The SMILES string of the molecule is CCNC(=NCCCc1nnc2n1CCCCC2)N1CCCC(CC(N)=O)C1. The Morgan fingerprint density at radius 2 is 2.14 bits per heavy atom. The number of aromatic nitrogens is 3. The maximum absolute atomic E-state index is 11.3. The number of carbonyl (C=O) groups is 1. The lowest BCUT2D eigenvalue weighted by molar-refractivity contribution is -0.119. The summed E-state index contributed by atoms with van der Waals surface area (Å²) in [6, 6.07) is 0. The first-order valence-corrected chi connectivity index (χ1v) is 10.9. The molecule has 0 saturated carbocycles. The summed E-state index contributed by atoms with van der Waals surface area (Å²) in [7, 11) is 0. The molecule has 0 aromatic carbocycles. The van der Waals surface area contributed by atoms with Crippen molar-refractivity contribution in [2.45, 2.75) is 71.3 Å². The van der Waals surface area contributed by atoms with Crippen molar-refractivity contribution in [1.29, 1.82) is 0 Å². The van der Waals surface area contributed by atoms with Crippen molar-refractivity contribution in [3.63, 3.8) is 0 Å². The minimum Gasteiger partial charge on any atom is -0.370 e. The third-order valence-corrected chi connectivity index (χ3v) is 5.65. The molecule has 1 atom stereocenters. The molecule has 1 unspecified atom stereocenters. The Morgan fingerprint density at radius 1 is 1.25 bits per heavy atom. The lowest BCUT2D eigenvalue weighted by Crippen LogP contribution is -2.47. The van der Waals surface area contributed by atoms with E-state index in [0.29, 0.717) is 12.3 Å². The molecule has 8 nitrogen and oxygen atoms in total. The summed E-state index contributed by atoms with van der Waals surface area (Å²) in [5, 5.41) is 12.2. The summed E-state index contributed by atoms with van der Waals surface area (Å²) in [5.74, 6) is 3.34. The van der Waals surface area contributed by atoms with Crippen LogP contribution in [-0.4, -0.2) is 57.7 Å². The number of likely N-dealkylation sites (tertiary alicyclic amines) is 1. The van der Waals surface area contributed by atoms with Gasteiger partial charge in [0.05, 0.1) is 0 Å². The van der Waals surface area contributed by atoms with Crippen LogP contribution < -0.4 is 11.1 Å². The number of carbonyl (C=O) groups excluding carboxylic acids is 1. The summed E-state index contributed by atoms with van der Waals surface area (Å²) < 4.78 is 2.32. The average Bonchev–Trinajstić information content (AvgIpc) is 2.90. The Morgan fingerprint density at radius 3 is 2.96 bits per heavy atom. The van der Waals surface area contributed by atoms with Gasteiger partial charge in [-0.15, -0.1) is 10.2 Å². The van der Waals surface area contributed by atoms with Gasteiger partial charge in [-0.1, -0.05) is 6.42 Å². The molecule has 3 rings (SSSR count). The van der Waals surface area contributed by atoms with E-state index in [1.165, 1.54) is 19.3 Å². The van der Waals surface area contributed by atoms with Gasteiger partial charge in [0.2, 0.25) is 5.91 Å². The van der Waals surface area contributed by atoms with Gasteiger partial charge in [-0.25, -0.2) is 0 Å².